The van der Waals surface area contributed by atoms with E-state index in [2.05, 4.69) is 9.30 Å². The van der Waals surface area contributed by atoms with Crippen molar-refractivity contribution in [2.75, 3.05) is 45.3 Å². The van der Waals surface area contributed by atoms with Crippen LogP contribution in [0.5, 0.6) is 11.5 Å². The van der Waals surface area contributed by atoms with E-state index < -0.39 is 5.60 Å². The zero-order valence-corrected chi connectivity index (χ0v) is 21.3. The maximum Gasteiger partial charge on any atom is 0.410 e. The van der Waals surface area contributed by atoms with E-state index in [0.29, 0.717) is 37.7 Å². The highest BCUT2D eigenvalue weighted by atomic mass is 16.6. The summed E-state index contributed by atoms with van der Waals surface area (Å²) in [6.45, 7) is 8.02. The molecule has 1 aliphatic rings. The molecule has 36 heavy (non-hydrogen) atoms. The van der Waals surface area contributed by atoms with Gasteiger partial charge in [0.05, 0.1) is 37.1 Å². The third kappa shape index (κ3) is 4.36. The van der Waals surface area contributed by atoms with E-state index in [9.17, 15) is 4.79 Å². The zero-order valence-electron chi connectivity index (χ0n) is 21.3. The van der Waals surface area contributed by atoms with Crippen molar-refractivity contribution in [2.24, 2.45) is 0 Å². The Balaban J connectivity index is 1.54. The van der Waals surface area contributed by atoms with Gasteiger partial charge in [0, 0.05) is 31.7 Å². The molecule has 1 aliphatic heterocycles. The molecule has 0 saturated carbocycles. The SMILES string of the molecule is COc1ccc(-c2cnc3c(N4CCN(C(=O)OC(C)(C)C)CC4)nc4ccccc4n23)cc1OC. The molecule has 0 spiro atoms. The van der Waals surface area contributed by atoms with E-state index in [1.54, 1.807) is 19.1 Å². The summed E-state index contributed by atoms with van der Waals surface area (Å²) in [6, 6.07) is 13.9. The molecule has 0 atom stereocenters. The molecule has 9 heteroatoms. The van der Waals surface area contributed by atoms with E-state index in [1.807, 2.05) is 69.4 Å². The minimum Gasteiger partial charge on any atom is -0.493 e. The molecule has 0 bridgehead atoms. The van der Waals surface area contributed by atoms with Crippen LogP contribution in [0.15, 0.2) is 48.7 Å². The van der Waals surface area contributed by atoms with Gasteiger partial charge in [0.15, 0.2) is 23.0 Å². The van der Waals surface area contributed by atoms with Crippen molar-refractivity contribution in [2.45, 2.75) is 26.4 Å². The van der Waals surface area contributed by atoms with Crippen LogP contribution < -0.4 is 14.4 Å². The van der Waals surface area contributed by atoms with E-state index in [1.165, 1.54) is 0 Å². The number of methoxy groups -OCH3 is 2. The van der Waals surface area contributed by atoms with E-state index in [0.717, 1.165) is 33.8 Å². The van der Waals surface area contributed by atoms with Crippen molar-refractivity contribution in [3.8, 4) is 22.8 Å². The Morgan fingerprint density at radius 3 is 2.36 bits per heavy atom. The first kappa shape index (κ1) is 23.7. The normalized spacial score (nSPS) is 14.4. The van der Waals surface area contributed by atoms with Gasteiger partial charge in [-0.25, -0.2) is 14.8 Å². The van der Waals surface area contributed by atoms with Crippen LogP contribution in [-0.4, -0.2) is 71.4 Å². The summed E-state index contributed by atoms with van der Waals surface area (Å²) in [5.41, 5.74) is 3.97. The topological polar surface area (TPSA) is 81.4 Å². The number of hydrogen-bond acceptors (Lipinski definition) is 7. The largest absolute Gasteiger partial charge is 0.493 e. The molecular weight excluding hydrogens is 458 g/mol. The lowest BCUT2D eigenvalue weighted by Crippen LogP contribution is -2.50. The fourth-order valence-electron chi connectivity index (χ4n) is 4.50. The summed E-state index contributed by atoms with van der Waals surface area (Å²) in [7, 11) is 3.25. The van der Waals surface area contributed by atoms with Gasteiger partial charge >= 0.3 is 6.09 Å². The fraction of sp³-hybridized carbons (Fsp3) is 0.370. The first-order chi connectivity index (χ1) is 17.3. The molecule has 1 fully saturated rings. The highest BCUT2D eigenvalue weighted by molar-refractivity contribution is 5.87. The van der Waals surface area contributed by atoms with Crippen molar-refractivity contribution in [1.82, 2.24) is 19.3 Å². The Labute approximate surface area is 210 Å². The summed E-state index contributed by atoms with van der Waals surface area (Å²) in [5, 5.41) is 0. The number of para-hydroxylation sites is 2. The van der Waals surface area contributed by atoms with Gasteiger partial charge < -0.3 is 24.0 Å². The number of carbonyl (C=O) groups excluding carboxylic acids is 1. The quantitative estimate of drug-likeness (QED) is 0.414. The average Bonchev–Trinajstić information content (AvgIpc) is 3.32. The summed E-state index contributed by atoms with van der Waals surface area (Å²) in [4.78, 5) is 26.3. The lowest BCUT2D eigenvalue weighted by Gasteiger charge is -2.36. The fourth-order valence-corrected chi connectivity index (χ4v) is 4.50. The summed E-state index contributed by atoms with van der Waals surface area (Å²) in [6.07, 6.45) is 1.58. The molecule has 3 heterocycles. The molecule has 5 rings (SSSR count). The Kier molecular flexibility index (Phi) is 6.07. The number of ether oxygens (including phenoxy) is 3. The minimum atomic E-state index is -0.517. The number of amides is 1. The number of aromatic nitrogens is 3. The maximum absolute atomic E-state index is 12.5. The number of piperazine rings is 1. The Hall–Kier alpha value is -4.01. The third-order valence-corrected chi connectivity index (χ3v) is 6.22. The highest BCUT2D eigenvalue weighted by Gasteiger charge is 2.28. The molecule has 1 amide bonds. The molecule has 2 aromatic heterocycles. The third-order valence-electron chi connectivity index (χ3n) is 6.22. The van der Waals surface area contributed by atoms with Crippen LogP contribution >= 0.6 is 0 Å². The Morgan fingerprint density at radius 1 is 0.944 bits per heavy atom. The zero-order chi connectivity index (χ0) is 25.4. The second-order valence-electron chi connectivity index (χ2n) is 9.75. The van der Waals surface area contributed by atoms with Crippen LogP contribution in [0.3, 0.4) is 0 Å². The molecule has 188 valence electrons. The van der Waals surface area contributed by atoms with Crippen molar-refractivity contribution in [3.05, 3.63) is 48.7 Å². The van der Waals surface area contributed by atoms with Crippen LogP contribution in [0, 0.1) is 0 Å². The number of hydrogen-bond donors (Lipinski definition) is 0. The van der Waals surface area contributed by atoms with E-state index in [-0.39, 0.29) is 6.09 Å². The molecule has 0 aliphatic carbocycles. The first-order valence-corrected chi connectivity index (χ1v) is 12.0. The molecule has 0 unspecified atom stereocenters. The Bertz CT molecular complexity index is 1420. The number of rotatable bonds is 4. The molecular formula is C27H31N5O4. The highest BCUT2D eigenvalue weighted by Crippen LogP contribution is 2.35. The first-order valence-electron chi connectivity index (χ1n) is 12.0. The van der Waals surface area contributed by atoms with Crippen LogP contribution in [0.2, 0.25) is 0 Å². The summed E-state index contributed by atoms with van der Waals surface area (Å²) >= 11 is 0. The van der Waals surface area contributed by atoms with Gasteiger partial charge in [-0.3, -0.25) is 4.40 Å². The molecule has 4 aromatic rings. The number of carbonyl (C=O) groups is 1. The van der Waals surface area contributed by atoms with Crippen molar-refractivity contribution in [1.29, 1.82) is 0 Å². The van der Waals surface area contributed by atoms with Gasteiger partial charge in [0.2, 0.25) is 0 Å². The van der Waals surface area contributed by atoms with Crippen LogP contribution in [0.1, 0.15) is 20.8 Å². The molecule has 0 N–H and O–H groups in total. The predicted molar refractivity (Wildman–Crippen MR) is 139 cm³/mol. The standard InChI is InChI=1S/C27H31N5O4/c1-27(2,3)36-26(33)31-14-12-30(13-15-31)25-24-28-17-21(18-10-11-22(34-4)23(16-18)35-5)32(24)20-9-7-6-8-19(20)29-25/h6-11,16-17H,12-15H2,1-5H3. The van der Waals surface area contributed by atoms with Gasteiger partial charge in [0.25, 0.3) is 0 Å². The van der Waals surface area contributed by atoms with Crippen LogP contribution in [-0.2, 0) is 4.74 Å². The number of fused-ring (bicyclic) bond motifs is 3. The molecule has 0 radical (unpaired) electrons. The number of imidazole rings is 1. The van der Waals surface area contributed by atoms with Crippen LogP contribution in [0.25, 0.3) is 27.9 Å². The predicted octanol–water partition coefficient (Wildman–Crippen LogP) is 4.62. The van der Waals surface area contributed by atoms with Gasteiger partial charge in [-0.05, 0) is 51.1 Å². The monoisotopic (exact) mass is 489 g/mol. The second kappa shape index (κ2) is 9.22. The average molecular weight is 490 g/mol. The molecule has 1 saturated heterocycles. The molecule has 9 nitrogen and oxygen atoms in total. The van der Waals surface area contributed by atoms with Gasteiger partial charge in [-0.2, -0.15) is 0 Å². The van der Waals surface area contributed by atoms with Gasteiger partial charge in [-0.1, -0.05) is 12.1 Å². The second-order valence-corrected chi connectivity index (χ2v) is 9.75. The lowest BCUT2D eigenvalue weighted by atomic mass is 10.1. The van der Waals surface area contributed by atoms with E-state index in [4.69, 9.17) is 24.2 Å². The number of nitrogens with zero attached hydrogens (tertiary/aromatic N) is 5. The minimum absolute atomic E-state index is 0.282. The summed E-state index contributed by atoms with van der Waals surface area (Å²) < 4.78 is 18.6. The van der Waals surface area contributed by atoms with Gasteiger partial charge in [0.1, 0.15) is 5.60 Å². The smallest absolute Gasteiger partial charge is 0.410 e. The van der Waals surface area contributed by atoms with Gasteiger partial charge in [-0.15, -0.1) is 0 Å². The Morgan fingerprint density at radius 2 is 1.67 bits per heavy atom. The van der Waals surface area contributed by atoms with Crippen molar-refractivity contribution >= 4 is 28.6 Å². The maximum atomic E-state index is 12.5. The number of anilines is 1. The van der Waals surface area contributed by atoms with Crippen molar-refractivity contribution in [3.63, 3.8) is 0 Å². The van der Waals surface area contributed by atoms with E-state index >= 15 is 0 Å². The lowest BCUT2D eigenvalue weighted by molar-refractivity contribution is 0.0240. The number of benzene rings is 2. The summed E-state index contributed by atoms with van der Waals surface area (Å²) in [5.74, 6) is 2.12. The van der Waals surface area contributed by atoms with Crippen molar-refractivity contribution < 1.29 is 19.0 Å². The molecule has 2 aromatic carbocycles. The van der Waals surface area contributed by atoms with Crippen LogP contribution in [0.4, 0.5) is 10.6 Å².